The molecule has 1 aromatic heterocycles. The van der Waals surface area contributed by atoms with Gasteiger partial charge in [-0.3, -0.25) is 9.69 Å². The maximum Gasteiger partial charge on any atom is 0.251 e. The van der Waals surface area contributed by atoms with Gasteiger partial charge in [-0.15, -0.1) is 11.3 Å². The quantitative estimate of drug-likeness (QED) is 0.498. The lowest BCUT2D eigenvalue weighted by Gasteiger charge is -2.32. The molecule has 1 amide bonds. The van der Waals surface area contributed by atoms with Crippen LogP contribution >= 0.6 is 23.1 Å². The molecule has 3 aromatic rings. The Morgan fingerprint density at radius 3 is 2.31 bits per heavy atom. The SMILES string of the molecule is Cc1csc(SCc2ccc(C(=O)NCc3ccc(CN4CCN(C)CC4)cc3)cc2)n1. The van der Waals surface area contributed by atoms with Crippen LogP contribution < -0.4 is 5.32 Å². The highest BCUT2D eigenvalue weighted by Crippen LogP contribution is 2.26. The van der Waals surface area contributed by atoms with Crippen molar-refractivity contribution in [3.63, 3.8) is 0 Å². The second-order valence-corrected chi connectivity index (χ2v) is 10.4. The Bertz CT molecular complexity index is 1010. The van der Waals surface area contributed by atoms with Gasteiger partial charge >= 0.3 is 0 Å². The molecule has 32 heavy (non-hydrogen) atoms. The van der Waals surface area contributed by atoms with Gasteiger partial charge in [-0.05, 0) is 42.8 Å². The second-order valence-electron chi connectivity index (χ2n) is 8.32. The Kier molecular flexibility index (Phi) is 7.97. The van der Waals surface area contributed by atoms with Gasteiger partial charge in [0.05, 0.1) is 0 Å². The topological polar surface area (TPSA) is 48.5 Å². The molecule has 0 bridgehead atoms. The number of hydrogen-bond acceptors (Lipinski definition) is 6. The fourth-order valence-electron chi connectivity index (χ4n) is 3.61. The Morgan fingerprint density at radius 2 is 1.66 bits per heavy atom. The van der Waals surface area contributed by atoms with Gasteiger partial charge in [-0.25, -0.2) is 4.98 Å². The van der Waals surface area contributed by atoms with Gasteiger partial charge in [-0.2, -0.15) is 0 Å². The molecule has 1 saturated heterocycles. The smallest absolute Gasteiger partial charge is 0.251 e. The summed E-state index contributed by atoms with van der Waals surface area (Å²) in [6.07, 6.45) is 0. The number of amides is 1. The number of benzene rings is 2. The molecule has 4 rings (SSSR count). The zero-order valence-electron chi connectivity index (χ0n) is 18.7. The van der Waals surface area contributed by atoms with Gasteiger partial charge in [0.1, 0.15) is 4.34 Å². The van der Waals surface area contributed by atoms with E-state index in [1.807, 2.05) is 31.2 Å². The Balaban J connectivity index is 1.22. The number of rotatable bonds is 8. The first-order valence-corrected chi connectivity index (χ1v) is 12.8. The highest BCUT2D eigenvalue weighted by atomic mass is 32.2. The van der Waals surface area contributed by atoms with Gasteiger partial charge in [0.15, 0.2) is 0 Å². The molecule has 0 saturated carbocycles. The maximum absolute atomic E-state index is 12.5. The summed E-state index contributed by atoms with van der Waals surface area (Å²) < 4.78 is 1.08. The molecule has 0 radical (unpaired) electrons. The van der Waals surface area contributed by atoms with Crippen molar-refractivity contribution in [2.24, 2.45) is 0 Å². The fraction of sp³-hybridized carbons (Fsp3) is 0.360. The van der Waals surface area contributed by atoms with Crippen molar-refractivity contribution in [1.29, 1.82) is 0 Å². The minimum Gasteiger partial charge on any atom is -0.348 e. The largest absolute Gasteiger partial charge is 0.348 e. The van der Waals surface area contributed by atoms with Gasteiger partial charge in [0, 0.05) is 61.7 Å². The van der Waals surface area contributed by atoms with E-state index in [1.54, 1.807) is 23.1 Å². The third-order valence-electron chi connectivity index (χ3n) is 5.65. The number of piperazine rings is 1. The van der Waals surface area contributed by atoms with E-state index in [9.17, 15) is 4.79 Å². The molecule has 1 fully saturated rings. The normalized spacial score (nSPS) is 15.1. The van der Waals surface area contributed by atoms with Crippen LogP contribution in [0.15, 0.2) is 58.3 Å². The van der Waals surface area contributed by atoms with Crippen molar-refractivity contribution in [1.82, 2.24) is 20.1 Å². The van der Waals surface area contributed by atoms with Gasteiger partial charge in [-0.1, -0.05) is 48.2 Å². The highest BCUT2D eigenvalue weighted by molar-refractivity contribution is 8.00. The maximum atomic E-state index is 12.5. The van der Waals surface area contributed by atoms with E-state index in [4.69, 9.17) is 0 Å². The monoisotopic (exact) mass is 466 g/mol. The average molecular weight is 467 g/mol. The molecule has 7 heteroatoms. The molecule has 168 valence electrons. The lowest BCUT2D eigenvalue weighted by atomic mass is 10.1. The minimum atomic E-state index is -0.0405. The van der Waals surface area contributed by atoms with E-state index >= 15 is 0 Å². The van der Waals surface area contributed by atoms with Crippen molar-refractivity contribution in [2.45, 2.75) is 30.1 Å². The van der Waals surface area contributed by atoms with Crippen LogP contribution in [0.4, 0.5) is 0 Å². The van der Waals surface area contributed by atoms with Gasteiger partial charge in [0.25, 0.3) is 5.91 Å². The summed E-state index contributed by atoms with van der Waals surface area (Å²) in [6.45, 7) is 8.05. The lowest BCUT2D eigenvalue weighted by Crippen LogP contribution is -2.43. The first-order valence-electron chi connectivity index (χ1n) is 11.0. The van der Waals surface area contributed by atoms with Crippen molar-refractivity contribution < 1.29 is 4.79 Å². The highest BCUT2D eigenvalue weighted by Gasteiger charge is 2.13. The van der Waals surface area contributed by atoms with E-state index in [-0.39, 0.29) is 5.91 Å². The van der Waals surface area contributed by atoms with Crippen LogP contribution in [-0.4, -0.2) is 53.9 Å². The van der Waals surface area contributed by atoms with E-state index in [2.05, 4.69) is 56.8 Å². The molecule has 0 unspecified atom stereocenters. The van der Waals surface area contributed by atoms with Crippen LogP contribution in [0.5, 0.6) is 0 Å². The molecule has 1 N–H and O–H groups in total. The number of carbonyl (C=O) groups excluding carboxylic acids is 1. The molecule has 5 nitrogen and oxygen atoms in total. The predicted octanol–water partition coefficient (Wildman–Crippen LogP) is 4.42. The van der Waals surface area contributed by atoms with Crippen molar-refractivity contribution >= 4 is 29.0 Å². The number of hydrogen-bond donors (Lipinski definition) is 1. The first-order chi connectivity index (χ1) is 15.5. The van der Waals surface area contributed by atoms with Crippen LogP contribution in [0.2, 0.25) is 0 Å². The number of carbonyl (C=O) groups is 1. The summed E-state index contributed by atoms with van der Waals surface area (Å²) >= 11 is 3.40. The molecular formula is C25H30N4OS2. The molecule has 1 aliphatic rings. The molecule has 0 aliphatic carbocycles. The second kappa shape index (κ2) is 11.1. The molecule has 2 aromatic carbocycles. The Hall–Kier alpha value is -2.19. The van der Waals surface area contributed by atoms with Crippen LogP contribution in [-0.2, 0) is 18.8 Å². The molecule has 1 aliphatic heterocycles. The predicted molar refractivity (Wildman–Crippen MR) is 133 cm³/mol. The third kappa shape index (κ3) is 6.65. The number of nitrogens with zero attached hydrogens (tertiary/aromatic N) is 3. The summed E-state index contributed by atoms with van der Waals surface area (Å²) in [7, 11) is 2.18. The summed E-state index contributed by atoms with van der Waals surface area (Å²) in [4.78, 5) is 21.9. The number of thioether (sulfide) groups is 1. The lowest BCUT2D eigenvalue weighted by molar-refractivity contribution is 0.0951. The molecule has 2 heterocycles. The van der Waals surface area contributed by atoms with Crippen LogP contribution in [0.3, 0.4) is 0 Å². The van der Waals surface area contributed by atoms with Crippen molar-refractivity contribution in [3.05, 3.63) is 81.9 Å². The van der Waals surface area contributed by atoms with E-state index in [0.29, 0.717) is 12.1 Å². The summed E-state index contributed by atoms with van der Waals surface area (Å²) in [6, 6.07) is 16.4. The summed E-state index contributed by atoms with van der Waals surface area (Å²) in [5.41, 5.74) is 5.39. The third-order valence-corrected chi connectivity index (χ3v) is 7.86. The van der Waals surface area contributed by atoms with Gasteiger partial charge in [0.2, 0.25) is 0 Å². The van der Waals surface area contributed by atoms with E-state index in [1.165, 1.54) is 11.1 Å². The van der Waals surface area contributed by atoms with E-state index < -0.39 is 0 Å². The minimum absolute atomic E-state index is 0.0405. The molecule has 0 spiro atoms. The molecule has 0 atom stereocenters. The van der Waals surface area contributed by atoms with E-state index in [0.717, 1.165) is 54.1 Å². The average Bonchev–Trinajstić information content (AvgIpc) is 3.24. The first kappa shape index (κ1) is 23.0. The Morgan fingerprint density at radius 1 is 1.00 bits per heavy atom. The number of aromatic nitrogens is 1. The van der Waals surface area contributed by atoms with Crippen LogP contribution in [0, 0.1) is 6.92 Å². The van der Waals surface area contributed by atoms with Gasteiger partial charge < -0.3 is 10.2 Å². The standard InChI is InChI=1S/C25H30N4OS2/c1-19-17-31-25(27-19)32-18-22-7-9-23(10-8-22)24(30)26-15-20-3-5-21(6-4-20)16-29-13-11-28(2)12-14-29/h3-10,17H,11-16,18H2,1-2H3,(H,26,30). The van der Waals surface area contributed by atoms with Crippen molar-refractivity contribution in [3.8, 4) is 0 Å². The summed E-state index contributed by atoms with van der Waals surface area (Å²) in [5, 5.41) is 5.10. The zero-order chi connectivity index (χ0) is 22.3. The fourth-order valence-corrected chi connectivity index (χ4v) is 5.41. The zero-order valence-corrected chi connectivity index (χ0v) is 20.3. The number of aryl methyl sites for hydroxylation is 1. The van der Waals surface area contributed by atoms with Crippen LogP contribution in [0.25, 0.3) is 0 Å². The number of thiazole rings is 1. The summed E-state index contributed by atoms with van der Waals surface area (Å²) in [5.74, 6) is 0.816. The Labute approximate surface area is 198 Å². The van der Waals surface area contributed by atoms with Crippen LogP contribution in [0.1, 0.15) is 32.7 Å². The molecular weight excluding hydrogens is 436 g/mol. The van der Waals surface area contributed by atoms with Crippen molar-refractivity contribution in [2.75, 3.05) is 33.2 Å². The number of nitrogens with one attached hydrogen (secondary N) is 1. The number of likely N-dealkylation sites (N-methyl/N-ethyl adjacent to an activating group) is 1.